The number of hydrogen-bond acceptors (Lipinski definition) is 3. The van der Waals surface area contributed by atoms with Gasteiger partial charge in [0.1, 0.15) is 0 Å². The molecule has 1 aromatic rings. The molecule has 72 valence electrons. The molecule has 0 aliphatic heterocycles. The third kappa shape index (κ3) is 1.86. The van der Waals surface area contributed by atoms with Crippen molar-refractivity contribution in [3.8, 4) is 6.07 Å². The number of nitriles is 1. The number of anilines is 1. The van der Waals surface area contributed by atoms with Crippen LogP contribution in [0.5, 0.6) is 0 Å². The van der Waals surface area contributed by atoms with E-state index in [-0.39, 0.29) is 11.7 Å². The first kappa shape index (κ1) is 10.6. The minimum absolute atomic E-state index is 0.126. The Balaban J connectivity index is 3.36. The molecule has 0 radical (unpaired) electrons. The van der Waals surface area contributed by atoms with Crippen molar-refractivity contribution in [3.05, 3.63) is 28.8 Å². The highest BCUT2D eigenvalue weighted by Crippen LogP contribution is 2.20. The molecule has 1 rings (SSSR count). The van der Waals surface area contributed by atoms with Crippen molar-refractivity contribution in [2.24, 2.45) is 0 Å². The second-order valence-electron chi connectivity index (χ2n) is 2.92. The van der Waals surface area contributed by atoms with Crippen LogP contribution in [-0.2, 0) is 0 Å². The summed E-state index contributed by atoms with van der Waals surface area (Å²) in [6.45, 7) is 1.75. The van der Waals surface area contributed by atoms with Crippen molar-refractivity contribution in [2.45, 2.75) is 6.92 Å². The van der Waals surface area contributed by atoms with Gasteiger partial charge in [0.25, 0.3) is 0 Å². The second kappa shape index (κ2) is 4.12. The zero-order chi connectivity index (χ0) is 10.7. The first-order chi connectivity index (χ1) is 6.60. The first-order valence-electron chi connectivity index (χ1n) is 3.99. The molecule has 4 heteroatoms. The lowest BCUT2D eigenvalue weighted by atomic mass is 10.0. The molecule has 0 amide bonds. The lowest BCUT2D eigenvalue weighted by molar-refractivity contribution is 0.102. The average molecular weight is 209 g/mol. The summed E-state index contributed by atoms with van der Waals surface area (Å²) in [5.74, 6) is -0.386. The molecule has 0 aromatic heterocycles. The van der Waals surface area contributed by atoms with E-state index in [2.05, 4.69) is 0 Å². The Labute approximate surface area is 87.1 Å². The molecule has 0 fully saturated rings. The Hall–Kier alpha value is -1.53. The Morgan fingerprint density at radius 2 is 2.29 bits per heavy atom. The third-order valence-electron chi connectivity index (χ3n) is 1.94. The third-order valence-corrected chi connectivity index (χ3v) is 2.18. The highest BCUT2D eigenvalue weighted by Gasteiger charge is 2.11. The molecule has 1 aromatic carbocycles. The molecule has 0 spiro atoms. The Morgan fingerprint density at radius 3 is 2.79 bits per heavy atom. The topological polar surface area (TPSA) is 66.9 Å². The number of rotatable bonds is 2. The fraction of sp³-hybridized carbons (Fsp3) is 0.200. The number of Topliss-reactive ketones (excluding diaryl/α,β-unsaturated/α-hetero) is 1. The number of nitrogens with two attached hydrogens (primary N) is 1. The van der Waals surface area contributed by atoms with Crippen molar-refractivity contribution >= 4 is 23.1 Å². The van der Waals surface area contributed by atoms with Crippen LogP contribution in [0.25, 0.3) is 0 Å². The first-order valence-corrected chi connectivity index (χ1v) is 4.53. The van der Waals surface area contributed by atoms with Gasteiger partial charge in [-0.1, -0.05) is 0 Å². The van der Waals surface area contributed by atoms with E-state index in [0.717, 1.165) is 5.56 Å². The molecular weight excluding hydrogens is 200 g/mol. The summed E-state index contributed by atoms with van der Waals surface area (Å²) in [7, 11) is 0. The highest BCUT2D eigenvalue weighted by molar-refractivity contribution is 6.31. The molecule has 0 heterocycles. The summed E-state index contributed by atoms with van der Waals surface area (Å²) in [6, 6.07) is 5.07. The molecule has 14 heavy (non-hydrogen) atoms. The normalized spacial score (nSPS) is 9.50. The maximum Gasteiger partial charge on any atom is 0.179 e. The molecule has 0 saturated heterocycles. The van der Waals surface area contributed by atoms with E-state index in [4.69, 9.17) is 22.6 Å². The number of nitrogen functional groups attached to an aromatic ring is 1. The summed E-state index contributed by atoms with van der Waals surface area (Å²) in [4.78, 5) is 11.3. The second-order valence-corrected chi connectivity index (χ2v) is 3.19. The molecule has 0 unspecified atom stereocenters. The number of carbonyl (C=O) groups excluding carboxylic acids is 1. The summed E-state index contributed by atoms with van der Waals surface area (Å²) >= 11 is 5.42. The number of hydrogen-bond donors (Lipinski definition) is 1. The summed E-state index contributed by atoms with van der Waals surface area (Å²) in [5.41, 5.74) is 7.56. The molecule has 0 saturated carbocycles. The van der Waals surface area contributed by atoms with Crippen LogP contribution < -0.4 is 5.73 Å². The zero-order valence-electron chi connectivity index (χ0n) is 7.67. The predicted molar refractivity (Wildman–Crippen MR) is 55.4 cm³/mol. The number of aryl methyl sites for hydroxylation is 1. The molecular formula is C10H9ClN2O. The van der Waals surface area contributed by atoms with E-state index in [9.17, 15) is 4.79 Å². The van der Waals surface area contributed by atoms with Gasteiger partial charge in [-0.2, -0.15) is 5.26 Å². The number of benzene rings is 1. The molecule has 0 bridgehead atoms. The fourth-order valence-electron chi connectivity index (χ4n) is 1.17. The van der Waals surface area contributed by atoms with Gasteiger partial charge in [-0.15, -0.1) is 11.6 Å². The van der Waals surface area contributed by atoms with Gasteiger partial charge in [0, 0.05) is 11.3 Å². The van der Waals surface area contributed by atoms with E-state index in [1.54, 1.807) is 13.0 Å². The lowest BCUT2D eigenvalue weighted by Crippen LogP contribution is -2.07. The van der Waals surface area contributed by atoms with Gasteiger partial charge in [0.05, 0.1) is 17.5 Å². The Kier molecular flexibility index (Phi) is 3.10. The van der Waals surface area contributed by atoms with Crippen LogP contribution in [0.2, 0.25) is 0 Å². The maximum atomic E-state index is 11.3. The van der Waals surface area contributed by atoms with Gasteiger partial charge >= 0.3 is 0 Å². The van der Waals surface area contributed by atoms with E-state index in [1.807, 2.05) is 6.07 Å². The van der Waals surface area contributed by atoms with E-state index in [1.165, 1.54) is 6.07 Å². The van der Waals surface area contributed by atoms with Gasteiger partial charge in [-0.25, -0.2) is 0 Å². The number of alkyl halides is 1. The molecule has 0 aliphatic rings. The Bertz CT molecular complexity index is 421. The standard InChI is InChI=1S/C10H9ClN2O/c1-6-2-7(5-12)3-8(10(6)13)9(14)4-11/h2-3H,4,13H2,1H3. The summed E-state index contributed by atoms with van der Waals surface area (Å²) in [5, 5.41) is 8.70. The van der Waals surface area contributed by atoms with Crippen LogP contribution in [0.1, 0.15) is 21.5 Å². The van der Waals surface area contributed by atoms with Gasteiger partial charge in [-0.3, -0.25) is 4.79 Å². The Morgan fingerprint density at radius 1 is 1.64 bits per heavy atom. The molecule has 2 N–H and O–H groups in total. The monoisotopic (exact) mass is 208 g/mol. The van der Waals surface area contributed by atoms with E-state index < -0.39 is 0 Å². The van der Waals surface area contributed by atoms with Crippen LogP contribution in [0.15, 0.2) is 12.1 Å². The average Bonchev–Trinajstić information content (AvgIpc) is 2.20. The van der Waals surface area contributed by atoms with Crippen molar-refractivity contribution in [2.75, 3.05) is 11.6 Å². The quantitative estimate of drug-likeness (QED) is 0.458. The van der Waals surface area contributed by atoms with Crippen LogP contribution >= 0.6 is 11.6 Å². The number of nitrogens with zero attached hydrogens (tertiary/aromatic N) is 1. The largest absolute Gasteiger partial charge is 0.398 e. The van der Waals surface area contributed by atoms with Crippen LogP contribution in [0.3, 0.4) is 0 Å². The van der Waals surface area contributed by atoms with Crippen molar-refractivity contribution < 1.29 is 4.79 Å². The molecule has 0 atom stereocenters. The molecule has 0 aliphatic carbocycles. The number of carbonyl (C=O) groups is 1. The highest BCUT2D eigenvalue weighted by atomic mass is 35.5. The smallest absolute Gasteiger partial charge is 0.179 e. The minimum Gasteiger partial charge on any atom is -0.398 e. The van der Waals surface area contributed by atoms with Crippen molar-refractivity contribution in [1.82, 2.24) is 0 Å². The van der Waals surface area contributed by atoms with Gasteiger partial charge in [0.2, 0.25) is 0 Å². The van der Waals surface area contributed by atoms with Gasteiger partial charge in [-0.05, 0) is 24.6 Å². The molecule has 3 nitrogen and oxygen atoms in total. The zero-order valence-corrected chi connectivity index (χ0v) is 8.43. The van der Waals surface area contributed by atoms with Crippen LogP contribution in [-0.4, -0.2) is 11.7 Å². The van der Waals surface area contributed by atoms with E-state index in [0.29, 0.717) is 16.8 Å². The maximum absolute atomic E-state index is 11.3. The van der Waals surface area contributed by atoms with E-state index >= 15 is 0 Å². The van der Waals surface area contributed by atoms with Crippen LogP contribution in [0.4, 0.5) is 5.69 Å². The minimum atomic E-state index is -0.260. The van der Waals surface area contributed by atoms with Crippen LogP contribution in [0, 0.1) is 18.3 Å². The van der Waals surface area contributed by atoms with Crippen molar-refractivity contribution in [3.63, 3.8) is 0 Å². The summed E-state index contributed by atoms with van der Waals surface area (Å²) in [6.07, 6.45) is 0. The van der Waals surface area contributed by atoms with Crippen molar-refractivity contribution in [1.29, 1.82) is 5.26 Å². The SMILES string of the molecule is Cc1cc(C#N)cc(C(=O)CCl)c1N. The summed E-state index contributed by atoms with van der Waals surface area (Å²) < 4.78 is 0. The lowest BCUT2D eigenvalue weighted by Gasteiger charge is -2.06. The van der Waals surface area contributed by atoms with Gasteiger partial charge < -0.3 is 5.73 Å². The van der Waals surface area contributed by atoms with Gasteiger partial charge in [0.15, 0.2) is 5.78 Å². The number of ketones is 1. The number of halogens is 1. The fourth-order valence-corrected chi connectivity index (χ4v) is 1.31. The predicted octanol–water partition coefficient (Wildman–Crippen LogP) is 1.87.